The van der Waals surface area contributed by atoms with Crippen molar-refractivity contribution in [3.8, 4) is 17.2 Å². The maximum Gasteiger partial charge on any atom is 0.750 e. The van der Waals surface area contributed by atoms with Crippen LogP contribution < -0.4 is 19.3 Å². The summed E-state index contributed by atoms with van der Waals surface area (Å²) in [6.07, 6.45) is -3.38. The molecule has 1 N–H and O–H groups in total. The molecule has 7 aromatic rings. The Bertz CT molecular complexity index is 2470. The Labute approximate surface area is 339 Å². The summed E-state index contributed by atoms with van der Waals surface area (Å²) >= 11 is 0. The third kappa shape index (κ3) is 8.12. The molecule has 1 fully saturated rings. The van der Waals surface area contributed by atoms with Gasteiger partial charge in [0.2, 0.25) is 0 Å². The SMILES string of the molecule is COc1ccc(C(OC[C@H]2O[C@@H](n3cnc4c(NC(=O)c5ccccc5)ncnc43)[C@@H](F)[C@H]2O[P+](=O)Oc2ccccc2)(c2ccccc2)c2ccc(OC)cc2)cc1. The van der Waals surface area contributed by atoms with Gasteiger partial charge in [-0.25, -0.2) is 23.9 Å². The first-order valence-electron chi connectivity index (χ1n) is 18.6. The maximum atomic E-state index is 17.1. The summed E-state index contributed by atoms with van der Waals surface area (Å²) in [5, 5.41) is 2.76. The van der Waals surface area contributed by atoms with Gasteiger partial charge in [-0.1, -0.05) is 91.0 Å². The number of benzene rings is 5. The van der Waals surface area contributed by atoms with Crippen LogP contribution in [0.4, 0.5) is 10.2 Å². The van der Waals surface area contributed by atoms with Crippen LogP contribution in [-0.2, 0) is 24.2 Å². The van der Waals surface area contributed by atoms with Crippen molar-refractivity contribution in [3.63, 3.8) is 0 Å². The van der Waals surface area contributed by atoms with Crippen LogP contribution in [0.1, 0.15) is 33.3 Å². The van der Waals surface area contributed by atoms with E-state index in [1.54, 1.807) is 74.9 Å². The second-order valence-corrected chi connectivity index (χ2v) is 14.2. The highest BCUT2D eigenvalue weighted by Crippen LogP contribution is 2.45. The van der Waals surface area contributed by atoms with Crippen molar-refractivity contribution in [2.45, 2.75) is 30.2 Å². The van der Waals surface area contributed by atoms with E-state index >= 15 is 4.39 Å². The van der Waals surface area contributed by atoms with E-state index in [0.29, 0.717) is 17.1 Å². The molecule has 5 atom stereocenters. The molecule has 0 saturated carbocycles. The van der Waals surface area contributed by atoms with Gasteiger partial charge in [0.05, 0.1) is 27.2 Å². The number of anilines is 1. The molecule has 15 heteroatoms. The summed E-state index contributed by atoms with van der Waals surface area (Å²) in [5.41, 5.74) is 1.73. The lowest BCUT2D eigenvalue weighted by atomic mass is 9.80. The third-order valence-corrected chi connectivity index (χ3v) is 10.7. The zero-order chi connectivity index (χ0) is 40.8. The van der Waals surface area contributed by atoms with Crippen LogP contribution in [0.5, 0.6) is 17.2 Å². The van der Waals surface area contributed by atoms with E-state index in [4.69, 9.17) is 28.0 Å². The normalized spacial score (nSPS) is 18.0. The molecule has 1 aliphatic rings. The Morgan fingerprint density at radius 1 is 0.763 bits per heavy atom. The van der Waals surface area contributed by atoms with Gasteiger partial charge in [0.15, 0.2) is 41.2 Å². The summed E-state index contributed by atoms with van der Waals surface area (Å²) < 4.78 is 67.9. The number of amides is 1. The molecule has 1 unspecified atom stereocenters. The molecule has 0 bridgehead atoms. The summed E-state index contributed by atoms with van der Waals surface area (Å²) in [7, 11) is 0.272. The standard InChI is InChI=1S/C44H37FN5O8P/c1-53-33-22-18-31(19-23-33)44(30-14-8-4-9-15-30,32-20-24-34(54-2)25-21-32)55-26-36-39(58-59(52)57-35-16-10-5-11-17-35)37(45)43(56-36)50-28-48-38-40(46-27-47-41(38)50)49-42(51)29-12-6-3-7-13-29/h3-25,27-28,36-37,39,43H,26H2,1-2H3/p+1/t36-,37+,39+,43-/m1/s1. The minimum atomic E-state index is -2.90. The van der Waals surface area contributed by atoms with E-state index < -0.39 is 44.4 Å². The van der Waals surface area contributed by atoms with Crippen LogP contribution >= 0.6 is 8.25 Å². The quantitative estimate of drug-likeness (QED) is 0.0786. The fourth-order valence-corrected chi connectivity index (χ4v) is 7.83. The molecule has 8 rings (SSSR count). The topological polar surface area (TPSA) is 145 Å². The van der Waals surface area contributed by atoms with Gasteiger partial charge in [-0.2, -0.15) is 0 Å². The highest BCUT2D eigenvalue weighted by molar-refractivity contribution is 7.33. The predicted octanol–water partition coefficient (Wildman–Crippen LogP) is 8.46. The molecule has 59 heavy (non-hydrogen) atoms. The highest BCUT2D eigenvalue weighted by atomic mass is 31.1. The summed E-state index contributed by atoms with van der Waals surface area (Å²) in [6.45, 7) is -0.261. The summed E-state index contributed by atoms with van der Waals surface area (Å²) in [5.74, 6) is 1.26. The second kappa shape index (κ2) is 17.5. The average Bonchev–Trinajstić information content (AvgIpc) is 3.85. The minimum absolute atomic E-state index is 0.120. The number of imidazole rings is 1. The molecule has 1 aliphatic heterocycles. The number of nitrogens with one attached hydrogen (secondary N) is 1. The smallest absolute Gasteiger partial charge is 0.497 e. The first-order valence-corrected chi connectivity index (χ1v) is 19.7. The average molecular weight is 815 g/mol. The number of carbonyl (C=O) groups is 1. The fraction of sp³-hybridized carbons (Fsp3) is 0.182. The first kappa shape index (κ1) is 39.3. The van der Waals surface area contributed by atoms with E-state index in [2.05, 4.69) is 20.3 Å². The van der Waals surface area contributed by atoms with Crippen molar-refractivity contribution in [2.24, 2.45) is 0 Å². The largest absolute Gasteiger partial charge is 0.750 e. The lowest BCUT2D eigenvalue weighted by molar-refractivity contribution is -0.0911. The summed E-state index contributed by atoms with van der Waals surface area (Å²) in [4.78, 5) is 26.1. The third-order valence-electron chi connectivity index (χ3n) is 9.94. The molecular formula is C44H38FN5O8P+. The molecule has 1 amide bonds. The van der Waals surface area contributed by atoms with Gasteiger partial charge in [-0.05, 0) is 65.2 Å². The molecule has 0 aliphatic carbocycles. The lowest BCUT2D eigenvalue weighted by Gasteiger charge is -2.37. The number of para-hydroxylation sites is 1. The van der Waals surface area contributed by atoms with Gasteiger partial charge < -0.3 is 24.3 Å². The number of hydrogen-bond donors (Lipinski definition) is 1. The number of halogens is 1. The van der Waals surface area contributed by atoms with E-state index in [-0.39, 0.29) is 29.3 Å². The van der Waals surface area contributed by atoms with Crippen molar-refractivity contribution in [1.29, 1.82) is 0 Å². The number of carbonyl (C=O) groups excluding carboxylic acids is 1. The van der Waals surface area contributed by atoms with E-state index in [9.17, 15) is 9.36 Å². The van der Waals surface area contributed by atoms with Crippen molar-refractivity contribution < 1.29 is 41.7 Å². The van der Waals surface area contributed by atoms with Crippen LogP contribution in [0.15, 0.2) is 152 Å². The van der Waals surface area contributed by atoms with Gasteiger partial charge in [0.25, 0.3) is 5.91 Å². The Balaban J connectivity index is 1.16. The number of ether oxygens (including phenoxy) is 4. The number of aromatic nitrogens is 4. The Hall–Kier alpha value is -6.57. The molecule has 13 nitrogen and oxygen atoms in total. The molecule has 298 valence electrons. The van der Waals surface area contributed by atoms with Gasteiger partial charge in [-0.15, -0.1) is 4.52 Å². The number of fused-ring (bicyclic) bond motifs is 1. The second-order valence-electron chi connectivity index (χ2n) is 13.4. The predicted molar refractivity (Wildman–Crippen MR) is 216 cm³/mol. The Morgan fingerprint density at radius 2 is 1.34 bits per heavy atom. The number of hydrogen-bond acceptors (Lipinski definition) is 11. The Kier molecular flexibility index (Phi) is 11.7. The van der Waals surface area contributed by atoms with Crippen molar-refractivity contribution in [2.75, 3.05) is 26.1 Å². The van der Waals surface area contributed by atoms with E-state index in [1.165, 1.54) is 17.2 Å². The van der Waals surface area contributed by atoms with E-state index in [1.807, 2.05) is 78.9 Å². The fourth-order valence-electron chi connectivity index (χ4n) is 7.05. The summed E-state index contributed by atoms with van der Waals surface area (Å²) in [6, 6.07) is 41.6. The van der Waals surface area contributed by atoms with E-state index in [0.717, 1.165) is 16.7 Å². The molecule has 3 heterocycles. The molecule has 2 aromatic heterocycles. The minimum Gasteiger partial charge on any atom is -0.497 e. The van der Waals surface area contributed by atoms with Crippen LogP contribution in [0.2, 0.25) is 0 Å². The van der Waals surface area contributed by atoms with Crippen molar-refractivity contribution in [3.05, 3.63) is 174 Å². The van der Waals surface area contributed by atoms with Gasteiger partial charge in [0, 0.05) is 10.1 Å². The van der Waals surface area contributed by atoms with Gasteiger partial charge in [0.1, 0.15) is 29.5 Å². The molecule has 0 radical (unpaired) electrons. The first-order chi connectivity index (χ1) is 28.9. The van der Waals surface area contributed by atoms with Crippen LogP contribution in [0.3, 0.4) is 0 Å². The van der Waals surface area contributed by atoms with Crippen LogP contribution in [0.25, 0.3) is 11.2 Å². The van der Waals surface area contributed by atoms with Crippen molar-refractivity contribution in [1.82, 2.24) is 19.5 Å². The zero-order valence-electron chi connectivity index (χ0n) is 31.8. The monoisotopic (exact) mass is 814 g/mol. The number of methoxy groups -OCH3 is 2. The van der Waals surface area contributed by atoms with Gasteiger partial charge in [-0.3, -0.25) is 9.36 Å². The van der Waals surface area contributed by atoms with Crippen molar-refractivity contribution >= 4 is 31.1 Å². The molecule has 0 spiro atoms. The van der Waals surface area contributed by atoms with Crippen LogP contribution in [0, 0.1) is 0 Å². The zero-order valence-corrected chi connectivity index (χ0v) is 32.7. The highest BCUT2D eigenvalue weighted by Gasteiger charge is 2.54. The maximum absolute atomic E-state index is 17.1. The number of nitrogens with zero attached hydrogens (tertiary/aromatic N) is 4. The molecular weight excluding hydrogens is 776 g/mol. The number of alkyl halides is 1. The van der Waals surface area contributed by atoms with Crippen LogP contribution in [-0.4, -0.2) is 64.6 Å². The lowest BCUT2D eigenvalue weighted by Crippen LogP contribution is -2.39. The Morgan fingerprint density at radius 3 is 1.95 bits per heavy atom. The van der Waals surface area contributed by atoms with Gasteiger partial charge >= 0.3 is 8.25 Å². The number of rotatable bonds is 15. The molecule has 1 saturated heterocycles. The molecule has 5 aromatic carbocycles.